The summed E-state index contributed by atoms with van der Waals surface area (Å²) in [6.07, 6.45) is 5.12. The van der Waals surface area contributed by atoms with Gasteiger partial charge < -0.3 is 5.32 Å². The maximum absolute atomic E-state index is 13.1. The Morgan fingerprint density at radius 2 is 1.95 bits per heavy atom. The van der Waals surface area contributed by atoms with Crippen LogP contribution in [0.15, 0.2) is 36.9 Å². The number of hydrogen-bond acceptors (Lipinski definition) is 1. The van der Waals surface area contributed by atoms with Crippen molar-refractivity contribution in [3.63, 3.8) is 0 Å². The van der Waals surface area contributed by atoms with Crippen molar-refractivity contribution < 1.29 is 4.39 Å². The highest BCUT2D eigenvalue weighted by atomic mass is 19.1. The number of hydrogen-bond donors (Lipinski definition) is 1. The molecule has 0 aliphatic carbocycles. The predicted molar refractivity (Wildman–Crippen MR) is 80.9 cm³/mol. The van der Waals surface area contributed by atoms with Gasteiger partial charge in [0.2, 0.25) is 0 Å². The van der Waals surface area contributed by atoms with E-state index in [2.05, 4.69) is 32.7 Å². The Hall–Kier alpha value is -1.15. The molecule has 0 spiro atoms. The van der Waals surface area contributed by atoms with Gasteiger partial charge in [-0.15, -0.1) is 6.58 Å². The van der Waals surface area contributed by atoms with Gasteiger partial charge in [0.1, 0.15) is 5.82 Å². The molecule has 0 fully saturated rings. The average molecular weight is 263 g/mol. The molecule has 0 bridgehead atoms. The molecule has 0 aliphatic rings. The zero-order valence-electron chi connectivity index (χ0n) is 12.4. The van der Waals surface area contributed by atoms with Gasteiger partial charge in [0.05, 0.1) is 0 Å². The van der Waals surface area contributed by atoms with Crippen molar-refractivity contribution >= 4 is 0 Å². The number of rotatable bonds is 8. The van der Waals surface area contributed by atoms with E-state index in [0.717, 1.165) is 25.8 Å². The molecule has 0 aromatic heterocycles. The van der Waals surface area contributed by atoms with Gasteiger partial charge in [-0.05, 0) is 43.5 Å². The molecule has 0 radical (unpaired) electrons. The van der Waals surface area contributed by atoms with Crippen molar-refractivity contribution in [2.75, 3.05) is 6.54 Å². The van der Waals surface area contributed by atoms with Crippen LogP contribution in [0.1, 0.15) is 45.6 Å². The van der Waals surface area contributed by atoms with Crippen molar-refractivity contribution in [2.24, 2.45) is 0 Å². The third-order valence-corrected chi connectivity index (χ3v) is 3.76. The molecule has 1 atom stereocenters. The second-order valence-corrected chi connectivity index (χ2v) is 5.60. The van der Waals surface area contributed by atoms with Gasteiger partial charge in [0.15, 0.2) is 0 Å². The zero-order chi connectivity index (χ0) is 14.3. The lowest BCUT2D eigenvalue weighted by atomic mass is 9.76. The smallest absolute Gasteiger partial charge is 0.123 e. The highest BCUT2D eigenvalue weighted by Crippen LogP contribution is 2.29. The van der Waals surface area contributed by atoms with Crippen LogP contribution in [0.5, 0.6) is 0 Å². The fourth-order valence-corrected chi connectivity index (χ4v) is 2.40. The molecule has 0 heterocycles. The summed E-state index contributed by atoms with van der Waals surface area (Å²) in [7, 11) is 0. The summed E-state index contributed by atoms with van der Waals surface area (Å²) < 4.78 is 13.1. The summed E-state index contributed by atoms with van der Waals surface area (Å²) in [6, 6.07) is 7.24. The second kappa shape index (κ2) is 7.44. The van der Waals surface area contributed by atoms with E-state index in [0.29, 0.717) is 6.04 Å². The van der Waals surface area contributed by atoms with Crippen LogP contribution in [0, 0.1) is 5.82 Å². The predicted octanol–water partition coefficient (Wildman–Crippen LogP) is 4.44. The normalized spacial score (nSPS) is 13.3. The Morgan fingerprint density at radius 1 is 1.32 bits per heavy atom. The lowest BCUT2D eigenvalue weighted by Crippen LogP contribution is -2.45. The van der Waals surface area contributed by atoms with Crippen molar-refractivity contribution in [2.45, 2.75) is 51.5 Å². The van der Waals surface area contributed by atoms with E-state index in [1.54, 1.807) is 12.1 Å². The van der Waals surface area contributed by atoms with Crippen molar-refractivity contribution in [3.05, 3.63) is 48.3 Å². The second-order valence-electron chi connectivity index (χ2n) is 5.60. The summed E-state index contributed by atoms with van der Waals surface area (Å²) in [5.74, 6) is -0.177. The third kappa shape index (κ3) is 4.46. The maximum atomic E-state index is 13.1. The molecule has 1 aromatic carbocycles. The van der Waals surface area contributed by atoms with Crippen molar-refractivity contribution in [3.8, 4) is 0 Å². The lowest BCUT2D eigenvalue weighted by molar-refractivity contribution is 0.324. The molecule has 106 valence electrons. The fraction of sp³-hybridized carbons (Fsp3) is 0.529. The van der Waals surface area contributed by atoms with Crippen LogP contribution in [0.25, 0.3) is 0 Å². The summed E-state index contributed by atoms with van der Waals surface area (Å²) in [4.78, 5) is 0. The van der Waals surface area contributed by atoms with Gasteiger partial charge >= 0.3 is 0 Å². The summed E-state index contributed by atoms with van der Waals surface area (Å²) >= 11 is 0. The number of nitrogens with one attached hydrogen (secondary N) is 1. The first-order chi connectivity index (χ1) is 9.02. The Bertz CT molecular complexity index is 381. The van der Waals surface area contributed by atoms with Crippen LogP contribution in [-0.2, 0) is 5.41 Å². The van der Waals surface area contributed by atoms with Crippen LogP contribution in [-0.4, -0.2) is 12.6 Å². The molecule has 0 saturated carbocycles. The van der Waals surface area contributed by atoms with E-state index in [-0.39, 0.29) is 11.2 Å². The molecule has 0 aliphatic heterocycles. The van der Waals surface area contributed by atoms with Crippen LogP contribution in [0.2, 0.25) is 0 Å². The first-order valence-corrected chi connectivity index (χ1v) is 7.12. The molecular weight excluding hydrogens is 237 g/mol. The molecule has 1 rings (SSSR count). The Labute approximate surface area is 116 Å². The van der Waals surface area contributed by atoms with Gasteiger partial charge in [-0.1, -0.05) is 39.0 Å². The van der Waals surface area contributed by atoms with Crippen molar-refractivity contribution in [1.82, 2.24) is 5.32 Å². The molecule has 1 N–H and O–H groups in total. The Balaban J connectivity index is 2.89. The maximum Gasteiger partial charge on any atom is 0.123 e. The molecule has 0 amide bonds. The van der Waals surface area contributed by atoms with Gasteiger partial charge in [-0.25, -0.2) is 4.39 Å². The molecule has 1 aromatic rings. The molecule has 19 heavy (non-hydrogen) atoms. The van der Waals surface area contributed by atoms with E-state index in [1.165, 1.54) is 5.56 Å². The molecular formula is C17H26FN. The third-order valence-electron chi connectivity index (χ3n) is 3.76. The zero-order valence-corrected chi connectivity index (χ0v) is 12.4. The summed E-state index contributed by atoms with van der Waals surface area (Å²) in [5.41, 5.74) is 1.15. The van der Waals surface area contributed by atoms with Gasteiger partial charge in [-0.3, -0.25) is 0 Å². The SMILES string of the molecule is C=CCCC(NCCC)C(C)(C)c1ccc(F)cc1. The van der Waals surface area contributed by atoms with Gasteiger partial charge in [0.25, 0.3) is 0 Å². The largest absolute Gasteiger partial charge is 0.313 e. The van der Waals surface area contributed by atoms with Crippen molar-refractivity contribution in [1.29, 1.82) is 0 Å². The van der Waals surface area contributed by atoms with E-state index in [1.807, 2.05) is 18.2 Å². The van der Waals surface area contributed by atoms with Crippen LogP contribution in [0.4, 0.5) is 4.39 Å². The Morgan fingerprint density at radius 3 is 2.47 bits per heavy atom. The summed E-state index contributed by atoms with van der Waals surface area (Å²) in [6.45, 7) is 11.4. The number of halogens is 1. The molecule has 2 heteroatoms. The minimum atomic E-state index is -0.177. The average Bonchev–Trinajstić information content (AvgIpc) is 2.39. The van der Waals surface area contributed by atoms with E-state index in [9.17, 15) is 4.39 Å². The van der Waals surface area contributed by atoms with E-state index in [4.69, 9.17) is 0 Å². The standard InChI is InChI=1S/C17H26FN/c1-5-7-8-16(19-13-6-2)17(3,4)14-9-11-15(18)12-10-14/h5,9-12,16,19H,1,6-8,13H2,2-4H3. The molecule has 1 unspecified atom stereocenters. The summed E-state index contributed by atoms with van der Waals surface area (Å²) in [5, 5.41) is 3.62. The monoisotopic (exact) mass is 263 g/mol. The number of benzene rings is 1. The van der Waals surface area contributed by atoms with Crippen LogP contribution < -0.4 is 5.32 Å². The van der Waals surface area contributed by atoms with Gasteiger partial charge in [-0.2, -0.15) is 0 Å². The fourth-order valence-electron chi connectivity index (χ4n) is 2.40. The number of allylic oxidation sites excluding steroid dienone is 1. The van der Waals surface area contributed by atoms with Crippen LogP contribution in [0.3, 0.4) is 0 Å². The minimum absolute atomic E-state index is 0.0219. The van der Waals surface area contributed by atoms with Crippen LogP contribution >= 0.6 is 0 Å². The Kier molecular flexibility index (Phi) is 6.23. The topological polar surface area (TPSA) is 12.0 Å². The molecule has 0 saturated heterocycles. The highest BCUT2D eigenvalue weighted by Gasteiger charge is 2.30. The molecule has 1 nitrogen and oxygen atoms in total. The first-order valence-electron chi connectivity index (χ1n) is 7.12. The van der Waals surface area contributed by atoms with Gasteiger partial charge in [0, 0.05) is 11.5 Å². The quantitative estimate of drug-likeness (QED) is 0.684. The first kappa shape index (κ1) is 15.9. The van der Waals surface area contributed by atoms with E-state index < -0.39 is 0 Å². The van der Waals surface area contributed by atoms with E-state index >= 15 is 0 Å². The lowest BCUT2D eigenvalue weighted by Gasteiger charge is -2.36. The minimum Gasteiger partial charge on any atom is -0.313 e. The highest BCUT2D eigenvalue weighted by molar-refractivity contribution is 5.26.